The molecule has 1 aromatic heterocycles. The van der Waals surface area contributed by atoms with Crippen molar-refractivity contribution in [3.05, 3.63) is 41.7 Å². The third kappa shape index (κ3) is 3.28. The van der Waals surface area contributed by atoms with E-state index < -0.39 is 0 Å². The highest BCUT2D eigenvalue weighted by molar-refractivity contribution is 5.93. The fraction of sp³-hybridized carbons (Fsp3) is 0.267. The molecule has 0 aliphatic heterocycles. The minimum absolute atomic E-state index is 0.179. The van der Waals surface area contributed by atoms with Crippen LogP contribution in [0.2, 0.25) is 0 Å². The summed E-state index contributed by atoms with van der Waals surface area (Å²) in [6, 6.07) is 6.95. The lowest BCUT2D eigenvalue weighted by Crippen LogP contribution is -2.26. The predicted molar refractivity (Wildman–Crippen MR) is 80.6 cm³/mol. The van der Waals surface area contributed by atoms with E-state index in [1.165, 1.54) is 0 Å². The number of aromatic amines is 1. The standard InChI is InChI=1S/C15H19N3O3/c1-9(18-15(19)12-7-11(16)8-17-12)10-4-5-13(20-2)14(6-10)21-3/h4-9,17H,16H2,1-3H3,(H,18,19). The summed E-state index contributed by atoms with van der Waals surface area (Å²) >= 11 is 0. The molecule has 0 saturated carbocycles. The summed E-state index contributed by atoms with van der Waals surface area (Å²) in [5.41, 5.74) is 7.46. The number of nitrogen functional groups attached to an aromatic ring is 1. The van der Waals surface area contributed by atoms with Gasteiger partial charge in [0.25, 0.3) is 5.91 Å². The van der Waals surface area contributed by atoms with Crippen LogP contribution in [0.5, 0.6) is 11.5 Å². The van der Waals surface area contributed by atoms with Gasteiger partial charge >= 0.3 is 0 Å². The quantitative estimate of drug-likeness (QED) is 0.786. The van der Waals surface area contributed by atoms with Gasteiger partial charge in [-0.1, -0.05) is 6.07 Å². The molecule has 0 bridgehead atoms. The van der Waals surface area contributed by atoms with Crippen LogP contribution >= 0.6 is 0 Å². The zero-order valence-corrected chi connectivity index (χ0v) is 12.3. The Kier molecular flexibility index (Phi) is 4.37. The lowest BCUT2D eigenvalue weighted by atomic mass is 10.1. The first-order chi connectivity index (χ1) is 10.0. The van der Waals surface area contributed by atoms with Crippen molar-refractivity contribution < 1.29 is 14.3 Å². The number of carbonyl (C=O) groups is 1. The van der Waals surface area contributed by atoms with Crippen LogP contribution in [0, 0.1) is 0 Å². The fourth-order valence-electron chi connectivity index (χ4n) is 2.02. The number of hydrogen-bond acceptors (Lipinski definition) is 4. The number of nitrogens with one attached hydrogen (secondary N) is 2. The second-order valence-electron chi connectivity index (χ2n) is 4.66. The number of methoxy groups -OCH3 is 2. The van der Waals surface area contributed by atoms with Crippen molar-refractivity contribution in [1.82, 2.24) is 10.3 Å². The van der Waals surface area contributed by atoms with E-state index in [2.05, 4.69) is 10.3 Å². The average molecular weight is 289 g/mol. The Morgan fingerprint density at radius 3 is 2.52 bits per heavy atom. The van der Waals surface area contributed by atoms with Crippen LogP contribution in [0.3, 0.4) is 0 Å². The fourth-order valence-corrected chi connectivity index (χ4v) is 2.02. The van der Waals surface area contributed by atoms with Gasteiger partial charge in [0.15, 0.2) is 11.5 Å². The van der Waals surface area contributed by atoms with Gasteiger partial charge in [-0.2, -0.15) is 0 Å². The highest BCUT2D eigenvalue weighted by Crippen LogP contribution is 2.29. The number of H-pyrrole nitrogens is 1. The van der Waals surface area contributed by atoms with Gasteiger partial charge in [0.05, 0.1) is 20.3 Å². The summed E-state index contributed by atoms with van der Waals surface area (Å²) in [4.78, 5) is 14.9. The zero-order valence-electron chi connectivity index (χ0n) is 12.3. The Labute approximate surface area is 123 Å². The molecule has 0 radical (unpaired) electrons. The van der Waals surface area contributed by atoms with Crippen molar-refractivity contribution in [2.24, 2.45) is 0 Å². The first-order valence-electron chi connectivity index (χ1n) is 6.51. The summed E-state index contributed by atoms with van der Waals surface area (Å²) in [6.07, 6.45) is 1.58. The lowest BCUT2D eigenvalue weighted by Gasteiger charge is -2.16. The van der Waals surface area contributed by atoms with Crippen LogP contribution in [0.4, 0.5) is 5.69 Å². The SMILES string of the molecule is COc1ccc(C(C)NC(=O)c2cc(N)c[nH]2)cc1OC. The number of ether oxygens (including phenoxy) is 2. The number of rotatable bonds is 5. The van der Waals surface area contributed by atoms with E-state index in [1.807, 2.05) is 25.1 Å². The first-order valence-corrected chi connectivity index (χ1v) is 6.51. The number of nitrogens with two attached hydrogens (primary N) is 1. The van der Waals surface area contributed by atoms with Crippen molar-refractivity contribution in [3.8, 4) is 11.5 Å². The molecule has 0 saturated heterocycles. The molecule has 1 unspecified atom stereocenters. The summed E-state index contributed by atoms with van der Waals surface area (Å²) in [6.45, 7) is 1.89. The van der Waals surface area contributed by atoms with Crippen molar-refractivity contribution >= 4 is 11.6 Å². The third-order valence-corrected chi connectivity index (χ3v) is 3.21. The van der Waals surface area contributed by atoms with Gasteiger partial charge in [0.2, 0.25) is 0 Å². The van der Waals surface area contributed by atoms with Gasteiger partial charge in [-0.3, -0.25) is 4.79 Å². The summed E-state index contributed by atoms with van der Waals surface area (Å²) < 4.78 is 10.5. The first kappa shape index (κ1) is 14.8. The molecule has 0 aliphatic rings. The van der Waals surface area contributed by atoms with E-state index in [-0.39, 0.29) is 11.9 Å². The maximum absolute atomic E-state index is 12.1. The van der Waals surface area contributed by atoms with Gasteiger partial charge in [0.1, 0.15) is 5.69 Å². The molecule has 2 rings (SSSR count). The molecule has 21 heavy (non-hydrogen) atoms. The predicted octanol–water partition coefficient (Wildman–Crippen LogP) is 2.11. The second kappa shape index (κ2) is 6.21. The molecular weight excluding hydrogens is 270 g/mol. The topological polar surface area (TPSA) is 89.4 Å². The molecule has 1 heterocycles. The van der Waals surface area contributed by atoms with Crippen molar-refractivity contribution in [2.75, 3.05) is 20.0 Å². The van der Waals surface area contributed by atoms with E-state index >= 15 is 0 Å². The second-order valence-corrected chi connectivity index (χ2v) is 4.66. The molecule has 0 aliphatic carbocycles. The van der Waals surface area contributed by atoms with Crippen LogP contribution in [-0.2, 0) is 0 Å². The number of benzene rings is 1. The van der Waals surface area contributed by atoms with Crippen LogP contribution in [0.15, 0.2) is 30.5 Å². The van der Waals surface area contributed by atoms with E-state index in [1.54, 1.807) is 26.5 Å². The van der Waals surface area contributed by atoms with Crippen LogP contribution in [0.1, 0.15) is 29.0 Å². The van der Waals surface area contributed by atoms with E-state index in [0.29, 0.717) is 22.9 Å². The van der Waals surface area contributed by atoms with Gasteiger partial charge in [-0.15, -0.1) is 0 Å². The Hall–Kier alpha value is -2.63. The Balaban J connectivity index is 2.13. The zero-order chi connectivity index (χ0) is 15.4. The summed E-state index contributed by atoms with van der Waals surface area (Å²) in [5.74, 6) is 1.06. The third-order valence-electron chi connectivity index (χ3n) is 3.21. The van der Waals surface area contributed by atoms with Crippen molar-refractivity contribution in [3.63, 3.8) is 0 Å². The Bertz CT molecular complexity index is 637. The molecular formula is C15H19N3O3. The number of hydrogen-bond donors (Lipinski definition) is 3. The molecule has 4 N–H and O–H groups in total. The number of carbonyl (C=O) groups excluding carboxylic acids is 1. The minimum atomic E-state index is -0.214. The number of aromatic nitrogens is 1. The largest absolute Gasteiger partial charge is 0.493 e. The lowest BCUT2D eigenvalue weighted by molar-refractivity contribution is 0.0935. The molecule has 0 fully saturated rings. The summed E-state index contributed by atoms with van der Waals surface area (Å²) in [7, 11) is 3.16. The molecule has 112 valence electrons. The Morgan fingerprint density at radius 1 is 1.24 bits per heavy atom. The maximum Gasteiger partial charge on any atom is 0.268 e. The Morgan fingerprint density at radius 2 is 1.95 bits per heavy atom. The molecule has 1 amide bonds. The smallest absolute Gasteiger partial charge is 0.268 e. The monoisotopic (exact) mass is 289 g/mol. The highest BCUT2D eigenvalue weighted by atomic mass is 16.5. The van der Waals surface area contributed by atoms with Crippen LogP contribution in [0.25, 0.3) is 0 Å². The number of anilines is 1. The van der Waals surface area contributed by atoms with Crippen molar-refractivity contribution in [2.45, 2.75) is 13.0 Å². The molecule has 2 aromatic rings. The molecule has 1 aromatic carbocycles. The van der Waals surface area contributed by atoms with Crippen LogP contribution < -0.4 is 20.5 Å². The molecule has 6 nitrogen and oxygen atoms in total. The van der Waals surface area contributed by atoms with E-state index in [4.69, 9.17) is 15.2 Å². The van der Waals surface area contributed by atoms with Crippen molar-refractivity contribution in [1.29, 1.82) is 0 Å². The van der Waals surface area contributed by atoms with E-state index in [0.717, 1.165) is 5.56 Å². The van der Waals surface area contributed by atoms with Gasteiger partial charge < -0.3 is 25.5 Å². The van der Waals surface area contributed by atoms with Gasteiger partial charge in [-0.25, -0.2) is 0 Å². The summed E-state index contributed by atoms with van der Waals surface area (Å²) in [5, 5.41) is 2.89. The minimum Gasteiger partial charge on any atom is -0.493 e. The maximum atomic E-state index is 12.1. The van der Waals surface area contributed by atoms with Crippen LogP contribution in [-0.4, -0.2) is 25.1 Å². The van der Waals surface area contributed by atoms with E-state index in [9.17, 15) is 4.79 Å². The molecule has 6 heteroatoms. The normalized spacial score (nSPS) is 11.8. The highest BCUT2D eigenvalue weighted by Gasteiger charge is 2.14. The van der Waals surface area contributed by atoms with Gasteiger partial charge in [-0.05, 0) is 30.7 Å². The average Bonchev–Trinajstić information content (AvgIpc) is 2.93. The number of amides is 1. The van der Waals surface area contributed by atoms with Gasteiger partial charge in [0, 0.05) is 11.9 Å². The molecule has 1 atom stereocenters. The molecule has 0 spiro atoms.